The maximum atomic E-state index is 10.5. The topological polar surface area (TPSA) is 68.3 Å². The fourth-order valence-electron chi connectivity index (χ4n) is 2.02. The van der Waals surface area contributed by atoms with Crippen molar-refractivity contribution in [2.75, 3.05) is 27.7 Å². The molecule has 1 unspecified atom stereocenters. The summed E-state index contributed by atoms with van der Waals surface area (Å²) >= 11 is 0. The number of nitrogens with zero attached hydrogens (tertiary/aromatic N) is 5. The summed E-state index contributed by atoms with van der Waals surface area (Å²) < 4.78 is 8.73. The van der Waals surface area contributed by atoms with E-state index in [4.69, 9.17) is 4.74 Å². The number of likely N-dealkylation sites (N-methyl/N-ethyl adjacent to an activating group) is 1. The molecule has 2 rings (SSSR count). The summed E-state index contributed by atoms with van der Waals surface area (Å²) in [5, 5.41) is 18.9. The van der Waals surface area contributed by atoms with E-state index in [9.17, 15) is 5.11 Å². The maximum absolute atomic E-state index is 10.5. The molecule has 0 amide bonds. The summed E-state index contributed by atoms with van der Waals surface area (Å²) in [4.78, 5) is 2.06. The number of ether oxygens (including phenoxy) is 1. The zero-order chi connectivity index (χ0) is 14.7. The first-order chi connectivity index (χ1) is 9.52. The van der Waals surface area contributed by atoms with Gasteiger partial charge in [-0.2, -0.15) is 10.2 Å². The van der Waals surface area contributed by atoms with Crippen LogP contribution in [0.1, 0.15) is 17.4 Å². The molecule has 0 bridgehead atoms. The summed E-state index contributed by atoms with van der Waals surface area (Å²) in [6, 6.07) is 0. The van der Waals surface area contributed by atoms with Gasteiger partial charge in [0.2, 0.25) is 0 Å². The zero-order valence-corrected chi connectivity index (χ0v) is 12.3. The molecular weight excluding hydrogens is 258 g/mol. The minimum Gasteiger partial charge on any atom is -0.493 e. The number of aliphatic hydroxyl groups excluding tert-OH is 1. The van der Waals surface area contributed by atoms with Gasteiger partial charge in [0.05, 0.1) is 26.0 Å². The average Bonchev–Trinajstić information content (AvgIpc) is 3.01. The monoisotopic (exact) mass is 279 g/mol. The molecular formula is C13H21N5O2. The van der Waals surface area contributed by atoms with Crippen molar-refractivity contribution in [1.29, 1.82) is 0 Å². The molecule has 1 atom stereocenters. The minimum atomic E-state index is -0.802. The summed E-state index contributed by atoms with van der Waals surface area (Å²) in [6.45, 7) is 1.51. The quantitative estimate of drug-likeness (QED) is 0.822. The summed E-state index contributed by atoms with van der Waals surface area (Å²) in [5.74, 6) is 0.583. The van der Waals surface area contributed by atoms with Crippen LogP contribution >= 0.6 is 0 Å². The Hall–Kier alpha value is -1.86. The van der Waals surface area contributed by atoms with Crippen LogP contribution in [0.15, 0.2) is 18.6 Å². The van der Waals surface area contributed by atoms with Crippen LogP contribution in [0.25, 0.3) is 0 Å². The van der Waals surface area contributed by atoms with Crippen LogP contribution in [0, 0.1) is 0 Å². The minimum absolute atomic E-state index is 0.583. The van der Waals surface area contributed by atoms with E-state index < -0.39 is 6.10 Å². The molecule has 0 saturated carbocycles. The number of hydrogen-bond acceptors (Lipinski definition) is 5. The molecule has 0 saturated heterocycles. The molecule has 7 nitrogen and oxygen atoms in total. The molecule has 0 fully saturated rings. The SMILES string of the molecule is COc1cnn(CCN(C)C)c1C(O)c1cnn(C)c1. The van der Waals surface area contributed by atoms with E-state index in [1.807, 2.05) is 21.1 Å². The average molecular weight is 279 g/mol. The second-order valence-electron chi connectivity index (χ2n) is 4.97. The summed E-state index contributed by atoms with van der Waals surface area (Å²) in [7, 11) is 7.39. The normalized spacial score (nSPS) is 12.9. The highest BCUT2D eigenvalue weighted by molar-refractivity contribution is 5.33. The first-order valence-corrected chi connectivity index (χ1v) is 6.44. The van der Waals surface area contributed by atoms with Gasteiger partial charge in [0.1, 0.15) is 11.8 Å². The van der Waals surface area contributed by atoms with Gasteiger partial charge in [0.15, 0.2) is 5.75 Å². The number of rotatable bonds is 6. The Bertz CT molecular complexity index is 561. The standard InChI is InChI=1S/C13H21N5O2/c1-16(2)5-6-18-12(11(20-4)8-15-18)13(19)10-7-14-17(3)9-10/h7-9,13,19H,5-6H2,1-4H3. The lowest BCUT2D eigenvalue weighted by molar-refractivity contribution is 0.200. The van der Waals surface area contributed by atoms with E-state index in [1.165, 1.54) is 0 Å². The fraction of sp³-hybridized carbons (Fsp3) is 0.538. The first kappa shape index (κ1) is 14.5. The first-order valence-electron chi connectivity index (χ1n) is 6.44. The molecule has 0 aliphatic carbocycles. The van der Waals surface area contributed by atoms with Crippen molar-refractivity contribution in [3.63, 3.8) is 0 Å². The Kier molecular flexibility index (Phi) is 4.41. The lowest BCUT2D eigenvalue weighted by Crippen LogP contribution is -2.21. The fourth-order valence-corrected chi connectivity index (χ4v) is 2.02. The van der Waals surface area contributed by atoms with Crippen LogP contribution < -0.4 is 4.74 Å². The Morgan fingerprint density at radius 2 is 2.10 bits per heavy atom. The lowest BCUT2D eigenvalue weighted by Gasteiger charge is -2.15. The lowest BCUT2D eigenvalue weighted by atomic mass is 10.1. The highest BCUT2D eigenvalue weighted by Gasteiger charge is 2.22. The van der Waals surface area contributed by atoms with Gasteiger partial charge in [0.25, 0.3) is 0 Å². The Balaban J connectivity index is 2.30. The van der Waals surface area contributed by atoms with Crippen molar-refractivity contribution in [2.24, 2.45) is 7.05 Å². The van der Waals surface area contributed by atoms with Gasteiger partial charge in [-0.1, -0.05) is 0 Å². The van der Waals surface area contributed by atoms with Gasteiger partial charge < -0.3 is 14.7 Å². The van der Waals surface area contributed by atoms with Crippen LogP contribution in [-0.2, 0) is 13.6 Å². The highest BCUT2D eigenvalue weighted by atomic mass is 16.5. The van der Waals surface area contributed by atoms with Crippen LogP contribution in [0.2, 0.25) is 0 Å². The van der Waals surface area contributed by atoms with Crippen molar-refractivity contribution in [2.45, 2.75) is 12.6 Å². The van der Waals surface area contributed by atoms with Crippen LogP contribution in [-0.4, -0.2) is 57.3 Å². The molecule has 7 heteroatoms. The van der Waals surface area contributed by atoms with Gasteiger partial charge in [0, 0.05) is 25.4 Å². The summed E-state index contributed by atoms with van der Waals surface area (Å²) in [5.41, 5.74) is 1.37. The molecule has 1 N–H and O–H groups in total. The molecule has 2 aromatic heterocycles. The van der Waals surface area contributed by atoms with Gasteiger partial charge >= 0.3 is 0 Å². The second-order valence-corrected chi connectivity index (χ2v) is 4.97. The third kappa shape index (κ3) is 3.00. The highest BCUT2D eigenvalue weighted by Crippen LogP contribution is 2.29. The maximum Gasteiger partial charge on any atom is 0.163 e. The zero-order valence-electron chi connectivity index (χ0n) is 12.3. The van der Waals surface area contributed by atoms with Crippen molar-refractivity contribution >= 4 is 0 Å². The molecule has 0 aromatic carbocycles. The molecule has 0 aliphatic rings. The molecule has 0 radical (unpaired) electrons. The van der Waals surface area contributed by atoms with Crippen molar-refractivity contribution < 1.29 is 9.84 Å². The predicted octanol–water partition coefficient (Wildman–Crippen LogP) is 0.268. The second kappa shape index (κ2) is 6.06. The molecule has 0 aliphatic heterocycles. The number of aromatic nitrogens is 4. The van der Waals surface area contributed by atoms with Crippen molar-refractivity contribution in [3.05, 3.63) is 29.8 Å². The smallest absolute Gasteiger partial charge is 0.163 e. The van der Waals surface area contributed by atoms with E-state index >= 15 is 0 Å². The molecule has 2 heterocycles. The summed E-state index contributed by atoms with van der Waals surface area (Å²) in [6.07, 6.45) is 4.26. The van der Waals surface area contributed by atoms with Gasteiger partial charge in [-0.05, 0) is 14.1 Å². The number of hydrogen-bond donors (Lipinski definition) is 1. The number of aryl methyl sites for hydroxylation is 1. The van der Waals surface area contributed by atoms with Crippen LogP contribution in [0.5, 0.6) is 5.75 Å². The van der Waals surface area contributed by atoms with E-state index in [-0.39, 0.29) is 0 Å². The Morgan fingerprint density at radius 1 is 1.35 bits per heavy atom. The van der Waals surface area contributed by atoms with Gasteiger partial charge in [-0.3, -0.25) is 9.36 Å². The Morgan fingerprint density at radius 3 is 2.65 bits per heavy atom. The predicted molar refractivity (Wildman–Crippen MR) is 74.6 cm³/mol. The largest absolute Gasteiger partial charge is 0.493 e. The third-order valence-electron chi connectivity index (χ3n) is 3.12. The van der Waals surface area contributed by atoms with Crippen LogP contribution in [0.3, 0.4) is 0 Å². The Labute approximate surface area is 118 Å². The van der Waals surface area contributed by atoms with Gasteiger partial charge in [-0.25, -0.2) is 0 Å². The molecule has 20 heavy (non-hydrogen) atoms. The molecule has 0 spiro atoms. The van der Waals surface area contributed by atoms with Crippen LogP contribution in [0.4, 0.5) is 0 Å². The van der Waals surface area contributed by atoms with E-state index in [2.05, 4.69) is 15.1 Å². The number of methoxy groups -OCH3 is 1. The van der Waals surface area contributed by atoms with E-state index in [0.717, 1.165) is 12.1 Å². The van der Waals surface area contributed by atoms with Crippen molar-refractivity contribution in [1.82, 2.24) is 24.5 Å². The van der Waals surface area contributed by atoms with Crippen molar-refractivity contribution in [3.8, 4) is 5.75 Å². The molecule has 2 aromatic rings. The number of aliphatic hydroxyl groups is 1. The van der Waals surface area contributed by atoms with E-state index in [1.54, 1.807) is 35.1 Å². The third-order valence-corrected chi connectivity index (χ3v) is 3.12. The van der Waals surface area contributed by atoms with Gasteiger partial charge in [-0.15, -0.1) is 0 Å². The molecule has 110 valence electrons. The van der Waals surface area contributed by atoms with E-state index in [0.29, 0.717) is 18.0 Å².